The monoisotopic (exact) mass is 231 g/mol. The largest absolute Gasteiger partial charge is 0.481 e. The molecule has 0 saturated carbocycles. The molecule has 0 aromatic heterocycles. The number of rotatable bonds is 5. The van der Waals surface area contributed by atoms with Gasteiger partial charge in [0.15, 0.2) is 0 Å². The first kappa shape index (κ1) is 12.8. The van der Waals surface area contributed by atoms with Gasteiger partial charge in [-0.15, -0.1) is 0 Å². The smallest absolute Gasteiger partial charge is 0.310 e. The molecule has 1 heterocycles. The van der Waals surface area contributed by atoms with Gasteiger partial charge in [-0.25, -0.2) is 0 Å². The lowest BCUT2D eigenvalue weighted by atomic mass is 9.93. The van der Waals surface area contributed by atoms with Crippen LogP contribution in [-0.4, -0.2) is 35.7 Å². The first-order valence-corrected chi connectivity index (χ1v) is 6.70. The highest BCUT2D eigenvalue weighted by Gasteiger charge is 2.26. The number of hydrogen-bond acceptors (Lipinski definition) is 3. The van der Waals surface area contributed by atoms with Crippen LogP contribution in [0.3, 0.4) is 0 Å². The summed E-state index contributed by atoms with van der Waals surface area (Å²) in [6.07, 6.45) is 2.54. The van der Waals surface area contributed by atoms with Gasteiger partial charge in [0.1, 0.15) is 0 Å². The molecular weight excluding hydrogens is 210 g/mol. The van der Waals surface area contributed by atoms with Crippen molar-refractivity contribution in [1.29, 1.82) is 0 Å². The number of carbonyl (C=O) groups is 1. The first-order chi connectivity index (χ1) is 7.02. The lowest BCUT2D eigenvalue weighted by molar-refractivity contribution is -0.146. The van der Waals surface area contributed by atoms with Crippen molar-refractivity contribution >= 4 is 17.7 Å². The Balaban J connectivity index is 2.17. The van der Waals surface area contributed by atoms with Gasteiger partial charge in [0.25, 0.3) is 0 Å². The van der Waals surface area contributed by atoms with Gasteiger partial charge in [-0.05, 0) is 50.7 Å². The van der Waals surface area contributed by atoms with E-state index in [-0.39, 0.29) is 0 Å². The fraction of sp³-hybridized carbons (Fsp3) is 0.909. The molecule has 0 unspecified atom stereocenters. The number of carboxylic acid groups (broad SMARTS) is 1. The topological polar surface area (TPSA) is 49.3 Å². The van der Waals surface area contributed by atoms with Crippen molar-refractivity contribution in [2.24, 2.45) is 11.3 Å². The average Bonchev–Trinajstić information content (AvgIpc) is 2.19. The lowest BCUT2D eigenvalue weighted by Gasteiger charge is -2.24. The number of carboxylic acids is 1. The normalized spacial score (nSPS) is 19.1. The van der Waals surface area contributed by atoms with Gasteiger partial charge >= 0.3 is 5.97 Å². The average molecular weight is 231 g/mol. The van der Waals surface area contributed by atoms with Gasteiger partial charge < -0.3 is 10.4 Å². The Kier molecular flexibility index (Phi) is 4.93. The zero-order chi connectivity index (χ0) is 11.3. The quantitative estimate of drug-likeness (QED) is 0.758. The maximum Gasteiger partial charge on any atom is 0.310 e. The molecule has 0 spiro atoms. The summed E-state index contributed by atoms with van der Waals surface area (Å²) in [5.74, 6) is 2.54. The molecule has 15 heavy (non-hydrogen) atoms. The Morgan fingerprint density at radius 2 is 2.07 bits per heavy atom. The van der Waals surface area contributed by atoms with E-state index in [1.165, 1.54) is 24.3 Å². The van der Waals surface area contributed by atoms with Crippen LogP contribution in [0.2, 0.25) is 0 Å². The van der Waals surface area contributed by atoms with Crippen molar-refractivity contribution in [3.63, 3.8) is 0 Å². The second-order valence-corrected chi connectivity index (χ2v) is 6.10. The Morgan fingerprint density at radius 3 is 2.60 bits per heavy atom. The summed E-state index contributed by atoms with van der Waals surface area (Å²) in [5, 5.41) is 12.2. The van der Waals surface area contributed by atoms with Crippen LogP contribution in [0.25, 0.3) is 0 Å². The molecule has 1 aliphatic rings. The van der Waals surface area contributed by atoms with E-state index in [9.17, 15) is 4.79 Å². The van der Waals surface area contributed by atoms with Crippen LogP contribution < -0.4 is 5.32 Å². The molecule has 88 valence electrons. The van der Waals surface area contributed by atoms with Crippen molar-refractivity contribution in [2.75, 3.05) is 24.6 Å². The molecule has 4 heteroatoms. The minimum absolute atomic E-state index is 0.561. The predicted octanol–water partition coefficient (Wildman–Crippen LogP) is 1.83. The van der Waals surface area contributed by atoms with Crippen LogP contribution in [0.5, 0.6) is 0 Å². The third-order valence-electron chi connectivity index (χ3n) is 2.92. The predicted molar refractivity (Wildman–Crippen MR) is 64.3 cm³/mol. The lowest BCUT2D eigenvalue weighted by Crippen LogP contribution is -2.38. The van der Waals surface area contributed by atoms with E-state index in [4.69, 9.17) is 5.11 Å². The standard InChI is InChI=1S/C11H21NO2S/c1-11(2,10(13)14)8-12-7-9-3-5-15-6-4-9/h9,12H,3-8H2,1-2H3,(H,13,14). The fourth-order valence-corrected chi connectivity index (χ4v) is 2.82. The molecule has 1 rings (SSSR count). The van der Waals surface area contributed by atoms with Crippen molar-refractivity contribution in [3.05, 3.63) is 0 Å². The van der Waals surface area contributed by atoms with Gasteiger partial charge in [0.2, 0.25) is 0 Å². The molecule has 0 aromatic rings. The second kappa shape index (κ2) is 5.75. The van der Waals surface area contributed by atoms with Gasteiger partial charge in [-0.3, -0.25) is 4.79 Å². The molecule has 0 amide bonds. The summed E-state index contributed by atoms with van der Waals surface area (Å²) >= 11 is 2.02. The van der Waals surface area contributed by atoms with E-state index in [1.807, 2.05) is 11.8 Å². The second-order valence-electron chi connectivity index (χ2n) is 4.88. The van der Waals surface area contributed by atoms with E-state index in [2.05, 4.69) is 5.32 Å². The van der Waals surface area contributed by atoms with E-state index < -0.39 is 11.4 Å². The molecule has 3 nitrogen and oxygen atoms in total. The van der Waals surface area contributed by atoms with Crippen LogP contribution in [0.15, 0.2) is 0 Å². The first-order valence-electron chi connectivity index (χ1n) is 5.54. The van der Waals surface area contributed by atoms with Crippen molar-refractivity contribution in [2.45, 2.75) is 26.7 Å². The fourth-order valence-electron chi connectivity index (χ4n) is 1.61. The molecule has 0 bridgehead atoms. The maximum absolute atomic E-state index is 10.9. The van der Waals surface area contributed by atoms with Gasteiger partial charge in [-0.1, -0.05) is 0 Å². The molecule has 1 saturated heterocycles. The summed E-state index contributed by atoms with van der Waals surface area (Å²) < 4.78 is 0. The summed E-state index contributed by atoms with van der Waals surface area (Å²) in [4.78, 5) is 10.9. The number of thioether (sulfide) groups is 1. The molecular formula is C11H21NO2S. The molecule has 0 radical (unpaired) electrons. The summed E-state index contributed by atoms with van der Waals surface area (Å²) in [6, 6.07) is 0. The highest BCUT2D eigenvalue weighted by Crippen LogP contribution is 2.22. The van der Waals surface area contributed by atoms with E-state index in [0.29, 0.717) is 6.54 Å². The van der Waals surface area contributed by atoms with E-state index in [1.54, 1.807) is 13.8 Å². The highest BCUT2D eigenvalue weighted by molar-refractivity contribution is 7.99. The Hall–Kier alpha value is -0.220. The SMILES string of the molecule is CC(C)(CNCC1CCSCC1)C(=O)O. The van der Waals surface area contributed by atoms with Crippen LogP contribution in [0, 0.1) is 11.3 Å². The maximum atomic E-state index is 10.9. The zero-order valence-electron chi connectivity index (χ0n) is 9.58. The number of nitrogens with one attached hydrogen (secondary N) is 1. The van der Waals surface area contributed by atoms with Crippen molar-refractivity contribution < 1.29 is 9.90 Å². The minimum atomic E-state index is -0.728. The molecule has 2 N–H and O–H groups in total. The van der Waals surface area contributed by atoms with Crippen LogP contribution in [0.1, 0.15) is 26.7 Å². The number of aliphatic carboxylic acids is 1. The van der Waals surface area contributed by atoms with Crippen LogP contribution in [0.4, 0.5) is 0 Å². The Morgan fingerprint density at radius 1 is 1.47 bits per heavy atom. The van der Waals surface area contributed by atoms with Crippen LogP contribution >= 0.6 is 11.8 Å². The minimum Gasteiger partial charge on any atom is -0.481 e. The van der Waals surface area contributed by atoms with Gasteiger partial charge in [0.05, 0.1) is 5.41 Å². The van der Waals surface area contributed by atoms with Crippen molar-refractivity contribution in [3.8, 4) is 0 Å². The molecule has 0 aromatic carbocycles. The van der Waals surface area contributed by atoms with E-state index >= 15 is 0 Å². The summed E-state index contributed by atoms with van der Waals surface area (Å²) in [7, 11) is 0. The van der Waals surface area contributed by atoms with Gasteiger partial charge in [-0.2, -0.15) is 11.8 Å². The number of hydrogen-bond donors (Lipinski definition) is 2. The Labute approximate surface area is 96.0 Å². The zero-order valence-corrected chi connectivity index (χ0v) is 10.4. The summed E-state index contributed by atoms with van der Waals surface area (Å²) in [5.41, 5.74) is -0.649. The third-order valence-corrected chi connectivity index (χ3v) is 3.97. The molecule has 1 aliphatic heterocycles. The molecule has 1 fully saturated rings. The van der Waals surface area contributed by atoms with Gasteiger partial charge in [0, 0.05) is 6.54 Å². The third kappa shape index (κ3) is 4.43. The highest BCUT2D eigenvalue weighted by atomic mass is 32.2. The Bertz CT molecular complexity index is 213. The summed E-state index contributed by atoms with van der Waals surface area (Å²) in [6.45, 7) is 5.06. The molecule has 0 atom stereocenters. The molecule has 0 aliphatic carbocycles. The van der Waals surface area contributed by atoms with Crippen molar-refractivity contribution in [1.82, 2.24) is 5.32 Å². The van der Waals surface area contributed by atoms with E-state index in [0.717, 1.165) is 12.5 Å². The van der Waals surface area contributed by atoms with Crippen LogP contribution in [-0.2, 0) is 4.79 Å².